The van der Waals surface area contributed by atoms with Crippen LogP contribution < -0.4 is 5.32 Å². The highest BCUT2D eigenvalue weighted by molar-refractivity contribution is 7.09. The van der Waals surface area contributed by atoms with Gasteiger partial charge in [-0.2, -0.15) is 0 Å². The average molecular weight is 356 g/mol. The van der Waals surface area contributed by atoms with Gasteiger partial charge < -0.3 is 14.5 Å². The molecule has 0 fully saturated rings. The molecule has 7 heteroatoms. The van der Waals surface area contributed by atoms with Gasteiger partial charge in [0.2, 0.25) is 0 Å². The summed E-state index contributed by atoms with van der Waals surface area (Å²) >= 11 is 1.52. The van der Waals surface area contributed by atoms with Crippen molar-refractivity contribution >= 4 is 28.9 Å². The van der Waals surface area contributed by atoms with Crippen LogP contribution in [0.1, 0.15) is 32.8 Å². The molecule has 128 valence electrons. The zero-order valence-electron chi connectivity index (χ0n) is 13.7. The molecule has 1 amide bonds. The van der Waals surface area contributed by atoms with Gasteiger partial charge in [-0.25, -0.2) is 9.78 Å². The topological polar surface area (TPSA) is 81.4 Å². The quantitative estimate of drug-likeness (QED) is 0.695. The lowest BCUT2D eigenvalue weighted by molar-refractivity contribution is 0.0526. The molecule has 0 spiro atoms. The number of carbonyl (C=O) groups is 2. The second-order valence-electron chi connectivity index (χ2n) is 5.17. The number of anilines is 1. The first-order valence-electron chi connectivity index (χ1n) is 7.67. The van der Waals surface area contributed by atoms with E-state index < -0.39 is 5.97 Å². The Morgan fingerprint density at radius 3 is 2.60 bits per heavy atom. The molecular weight excluding hydrogens is 340 g/mol. The van der Waals surface area contributed by atoms with Crippen LogP contribution in [0.2, 0.25) is 0 Å². The van der Waals surface area contributed by atoms with Gasteiger partial charge in [-0.05, 0) is 50.2 Å². The van der Waals surface area contributed by atoms with E-state index in [1.165, 1.54) is 11.3 Å². The van der Waals surface area contributed by atoms with Crippen LogP contribution in [0.15, 0.2) is 46.2 Å². The summed E-state index contributed by atoms with van der Waals surface area (Å²) in [5.41, 5.74) is 1.69. The van der Waals surface area contributed by atoms with Crippen LogP contribution in [0.5, 0.6) is 0 Å². The van der Waals surface area contributed by atoms with E-state index in [4.69, 9.17) is 9.15 Å². The number of furan rings is 1. The monoisotopic (exact) mass is 356 g/mol. The van der Waals surface area contributed by atoms with Crippen LogP contribution in [0.4, 0.5) is 5.69 Å². The van der Waals surface area contributed by atoms with Crippen molar-refractivity contribution < 1.29 is 18.7 Å². The third-order valence-electron chi connectivity index (χ3n) is 3.36. The van der Waals surface area contributed by atoms with Gasteiger partial charge in [0, 0.05) is 11.1 Å². The van der Waals surface area contributed by atoms with E-state index in [2.05, 4.69) is 10.3 Å². The lowest BCUT2D eigenvalue weighted by Crippen LogP contribution is -2.11. The Bertz CT molecular complexity index is 896. The molecule has 2 heterocycles. The summed E-state index contributed by atoms with van der Waals surface area (Å²) in [5, 5.41) is 5.53. The fourth-order valence-corrected chi connectivity index (χ4v) is 2.77. The highest BCUT2D eigenvalue weighted by Gasteiger charge is 2.14. The summed E-state index contributed by atoms with van der Waals surface area (Å²) in [4.78, 5) is 28.2. The summed E-state index contributed by atoms with van der Waals surface area (Å²) < 4.78 is 10.5. The van der Waals surface area contributed by atoms with Crippen molar-refractivity contribution in [1.29, 1.82) is 0 Å². The molecular formula is C18H16N2O4S. The van der Waals surface area contributed by atoms with Gasteiger partial charge in [0.25, 0.3) is 5.91 Å². The molecule has 3 rings (SSSR count). The normalized spacial score (nSPS) is 10.5. The van der Waals surface area contributed by atoms with Crippen LogP contribution >= 0.6 is 11.3 Å². The Morgan fingerprint density at radius 1 is 1.20 bits per heavy atom. The van der Waals surface area contributed by atoms with Gasteiger partial charge in [-0.15, -0.1) is 11.3 Å². The van der Waals surface area contributed by atoms with Crippen LogP contribution in [0, 0.1) is 6.92 Å². The predicted octanol–water partition coefficient (Wildman–Crippen LogP) is 4.14. The van der Waals surface area contributed by atoms with E-state index in [9.17, 15) is 9.59 Å². The fraction of sp³-hybridized carbons (Fsp3) is 0.167. The van der Waals surface area contributed by atoms with Gasteiger partial charge in [0.05, 0.1) is 17.2 Å². The molecule has 0 aliphatic heterocycles. The van der Waals surface area contributed by atoms with E-state index in [-0.39, 0.29) is 11.7 Å². The maximum Gasteiger partial charge on any atom is 0.338 e. The maximum atomic E-state index is 12.3. The number of hydrogen-bond donors (Lipinski definition) is 1. The highest BCUT2D eigenvalue weighted by Crippen LogP contribution is 2.24. The van der Waals surface area contributed by atoms with E-state index in [0.717, 1.165) is 5.01 Å². The highest BCUT2D eigenvalue weighted by atomic mass is 32.1. The molecule has 0 saturated heterocycles. The Labute approximate surface area is 148 Å². The Hall–Kier alpha value is -2.93. The number of rotatable bonds is 5. The first-order chi connectivity index (χ1) is 12.1. The first kappa shape index (κ1) is 16.9. The standard InChI is InChI=1S/C18H16N2O4S/c1-3-23-18(22)12-4-6-13(7-5-12)20-17(21)16-9-8-15(24-16)14-10-25-11(2)19-14/h4-10H,3H2,1-2H3,(H,20,21). The van der Waals surface area contributed by atoms with E-state index in [0.29, 0.717) is 29.3 Å². The molecule has 0 aliphatic rings. The SMILES string of the molecule is CCOC(=O)c1ccc(NC(=O)c2ccc(-c3csc(C)n3)o2)cc1. The van der Waals surface area contributed by atoms with Crippen LogP contribution in [0.3, 0.4) is 0 Å². The summed E-state index contributed by atoms with van der Waals surface area (Å²) in [7, 11) is 0. The zero-order chi connectivity index (χ0) is 17.8. The van der Waals surface area contributed by atoms with Crippen LogP contribution in [0.25, 0.3) is 11.5 Å². The number of nitrogens with one attached hydrogen (secondary N) is 1. The van der Waals surface area contributed by atoms with E-state index in [1.807, 2.05) is 12.3 Å². The lowest BCUT2D eigenvalue weighted by Gasteiger charge is -2.05. The number of aromatic nitrogens is 1. The van der Waals surface area contributed by atoms with Gasteiger partial charge in [0.1, 0.15) is 5.69 Å². The van der Waals surface area contributed by atoms with Crippen molar-refractivity contribution in [2.45, 2.75) is 13.8 Å². The zero-order valence-corrected chi connectivity index (χ0v) is 14.6. The summed E-state index contributed by atoms with van der Waals surface area (Å²) in [6, 6.07) is 9.79. The van der Waals surface area contributed by atoms with Crippen molar-refractivity contribution in [1.82, 2.24) is 4.98 Å². The molecule has 25 heavy (non-hydrogen) atoms. The third kappa shape index (κ3) is 3.95. The summed E-state index contributed by atoms with van der Waals surface area (Å²) in [6.07, 6.45) is 0. The second kappa shape index (κ2) is 7.31. The predicted molar refractivity (Wildman–Crippen MR) is 94.9 cm³/mol. The van der Waals surface area contributed by atoms with Gasteiger partial charge in [-0.3, -0.25) is 4.79 Å². The van der Waals surface area contributed by atoms with E-state index >= 15 is 0 Å². The Kier molecular flexibility index (Phi) is 4.95. The minimum absolute atomic E-state index is 0.190. The first-order valence-corrected chi connectivity index (χ1v) is 8.55. The molecule has 0 saturated carbocycles. The maximum absolute atomic E-state index is 12.3. The van der Waals surface area contributed by atoms with Crippen molar-refractivity contribution in [3.05, 3.63) is 58.1 Å². The number of benzene rings is 1. The minimum atomic E-state index is -0.394. The molecule has 2 aromatic heterocycles. The molecule has 1 aromatic carbocycles. The largest absolute Gasteiger partial charge is 0.462 e. The number of nitrogens with zero attached hydrogens (tertiary/aromatic N) is 1. The van der Waals surface area contributed by atoms with Crippen molar-refractivity contribution in [3.63, 3.8) is 0 Å². The fourth-order valence-electron chi connectivity index (χ4n) is 2.17. The number of aryl methyl sites for hydroxylation is 1. The van der Waals surface area contributed by atoms with E-state index in [1.54, 1.807) is 43.3 Å². The summed E-state index contributed by atoms with van der Waals surface area (Å²) in [6.45, 7) is 3.97. The molecule has 0 atom stereocenters. The summed E-state index contributed by atoms with van der Waals surface area (Å²) in [5.74, 6) is -0.0287. The molecule has 0 radical (unpaired) electrons. The van der Waals surface area contributed by atoms with Crippen molar-refractivity contribution in [2.24, 2.45) is 0 Å². The second-order valence-corrected chi connectivity index (χ2v) is 6.23. The number of carbonyl (C=O) groups excluding carboxylic acids is 2. The van der Waals surface area contributed by atoms with Gasteiger partial charge in [0.15, 0.2) is 11.5 Å². The number of thiazole rings is 1. The minimum Gasteiger partial charge on any atom is -0.462 e. The number of esters is 1. The molecule has 6 nitrogen and oxygen atoms in total. The van der Waals surface area contributed by atoms with Crippen LogP contribution in [-0.2, 0) is 4.74 Å². The number of ether oxygens (including phenoxy) is 1. The van der Waals surface area contributed by atoms with Crippen molar-refractivity contribution in [3.8, 4) is 11.5 Å². The molecule has 0 unspecified atom stereocenters. The smallest absolute Gasteiger partial charge is 0.338 e. The lowest BCUT2D eigenvalue weighted by atomic mass is 10.2. The van der Waals surface area contributed by atoms with Crippen LogP contribution in [-0.4, -0.2) is 23.5 Å². The Morgan fingerprint density at radius 2 is 1.96 bits per heavy atom. The van der Waals surface area contributed by atoms with Crippen molar-refractivity contribution in [2.75, 3.05) is 11.9 Å². The average Bonchev–Trinajstić information content (AvgIpc) is 3.24. The number of amides is 1. The van der Waals surface area contributed by atoms with Gasteiger partial charge >= 0.3 is 5.97 Å². The molecule has 1 N–H and O–H groups in total. The molecule has 0 bridgehead atoms. The number of hydrogen-bond acceptors (Lipinski definition) is 6. The van der Waals surface area contributed by atoms with Gasteiger partial charge in [-0.1, -0.05) is 0 Å². The Balaban J connectivity index is 1.68. The molecule has 0 aliphatic carbocycles. The molecule has 3 aromatic rings. The third-order valence-corrected chi connectivity index (χ3v) is 4.13.